The van der Waals surface area contributed by atoms with Crippen LogP contribution in [0.4, 0.5) is 13.2 Å². The van der Waals surface area contributed by atoms with Crippen molar-refractivity contribution in [2.75, 3.05) is 7.11 Å². The zero-order valence-corrected chi connectivity index (χ0v) is 9.16. The van der Waals surface area contributed by atoms with Crippen LogP contribution in [0.15, 0.2) is 0 Å². The number of aliphatic carboxylic acids is 1. The van der Waals surface area contributed by atoms with Crippen molar-refractivity contribution in [2.24, 2.45) is 11.7 Å². The molecule has 0 aromatic carbocycles. The van der Waals surface area contributed by atoms with E-state index in [1.165, 1.54) is 7.11 Å². The first kappa shape index (κ1) is 15.7. The number of rotatable bonds is 1. The van der Waals surface area contributed by atoms with E-state index in [9.17, 15) is 18.0 Å². The van der Waals surface area contributed by atoms with Gasteiger partial charge < -0.3 is 15.6 Å². The topological polar surface area (TPSA) is 89.6 Å². The fourth-order valence-corrected chi connectivity index (χ4v) is 1.40. The number of hydrogen-bond donors (Lipinski definition) is 2. The second-order valence-corrected chi connectivity index (χ2v) is 3.60. The van der Waals surface area contributed by atoms with Crippen molar-refractivity contribution < 1.29 is 32.6 Å². The van der Waals surface area contributed by atoms with Gasteiger partial charge in [0.25, 0.3) is 0 Å². The minimum atomic E-state index is -5.08. The molecule has 0 unspecified atom stereocenters. The van der Waals surface area contributed by atoms with Crippen molar-refractivity contribution in [1.29, 1.82) is 0 Å². The van der Waals surface area contributed by atoms with E-state index in [0.29, 0.717) is 0 Å². The molecular formula is C9H14F3NO4. The van der Waals surface area contributed by atoms with Crippen molar-refractivity contribution in [2.45, 2.75) is 31.5 Å². The monoisotopic (exact) mass is 257 g/mol. The molecule has 0 spiro atoms. The largest absolute Gasteiger partial charge is 0.490 e. The van der Waals surface area contributed by atoms with Crippen molar-refractivity contribution >= 4 is 11.9 Å². The lowest BCUT2D eigenvalue weighted by atomic mass is 10.1. The fraction of sp³-hybridized carbons (Fsp3) is 0.778. The van der Waals surface area contributed by atoms with Gasteiger partial charge in [-0.05, 0) is 19.3 Å². The number of carboxylic acid groups (broad SMARTS) is 1. The molecule has 0 radical (unpaired) electrons. The van der Waals surface area contributed by atoms with E-state index in [4.69, 9.17) is 15.6 Å². The highest BCUT2D eigenvalue weighted by molar-refractivity contribution is 5.73. The van der Waals surface area contributed by atoms with Crippen molar-refractivity contribution in [3.05, 3.63) is 0 Å². The van der Waals surface area contributed by atoms with E-state index in [1.807, 2.05) is 0 Å². The molecule has 0 heterocycles. The molecule has 1 aliphatic carbocycles. The van der Waals surface area contributed by atoms with Crippen LogP contribution in [0, 0.1) is 5.92 Å². The lowest BCUT2D eigenvalue weighted by Crippen LogP contribution is -2.21. The van der Waals surface area contributed by atoms with Crippen LogP contribution in [-0.2, 0) is 14.3 Å². The summed E-state index contributed by atoms with van der Waals surface area (Å²) in [5.41, 5.74) is 5.61. The molecule has 0 amide bonds. The van der Waals surface area contributed by atoms with E-state index < -0.39 is 12.1 Å². The van der Waals surface area contributed by atoms with Gasteiger partial charge in [-0.2, -0.15) is 13.2 Å². The van der Waals surface area contributed by atoms with E-state index in [1.54, 1.807) is 0 Å². The maximum atomic E-state index is 10.9. The first-order valence-corrected chi connectivity index (χ1v) is 4.82. The van der Waals surface area contributed by atoms with Crippen molar-refractivity contribution in [3.8, 4) is 0 Å². The highest BCUT2D eigenvalue weighted by atomic mass is 19.4. The molecule has 1 saturated carbocycles. The summed E-state index contributed by atoms with van der Waals surface area (Å²) in [5.74, 6) is -2.79. The van der Waals surface area contributed by atoms with Crippen molar-refractivity contribution in [1.82, 2.24) is 0 Å². The van der Waals surface area contributed by atoms with E-state index in [2.05, 4.69) is 4.74 Å². The molecule has 5 nitrogen and oxygen atoms in total. The average molecular weight is 257 g/mol. The van der Waals surface area contributed by atoms with Gasteiger partial charge in [-0.25, -0.2) is 4.79 Å². The van der Waals surface area contributed by atoms with Crippen LogP contribution >= 0.6 is 0 Å². The fourth-order valence-electron chi connectivity index (χ4n) is 1.40. The van der Waals surface area contributed by atoms with Gasteiger partial charge in [0.1, 0.15) is 0 Å². The first-order chi connectivity index (χ1) is 7.68. The Balaban J connectivity index is 0.000000325. The van der Waals surface area contributed by atoms with E-state index in [-0.39, 0.29) is 17.9 Å². The number of nitrogens with two attached hydrogens (primary N) is 1. The molecule has 1 aliphatic rings. The molecule has 0 bridgehead atoms. The molecule has 8 heteroatoms. The third-order valence-corrected chi connectivity index (χ3v) is 2.25. The second kappa shape index (κ2) is 6.43. The maximum absolute atomic E-state index is 10.9. The number of ether oxygens (including phenoxy) is 1. The Morgan fingerprint density at radius 3 is 2.06 bits per heavy atom. The molecule has 100 valence electrons. The lowest BCUT2D eigenvalue weighted by molar-refractivity contribution is -0.192. The van der Waals surface area contributed by atoms with E-state index in [0.717, 1.165) is 19.3 Å². The number of methoxy groups -OCH3 is 1. The Kier molecular flexibility index (Phi) is 5.94. The summed E-state index contributed by atoms with van der Waals surface area (Å²) in [6.07, 6.45) is -2.43. The second-order valence-electron chi connectivity index (χ2n) is 3.60. The van der Waals surface area contributed by atoms with Crippen LogP contribution in [0.1, 0.15) is 19.3 Å². The van der Waals surface area contributed by atoms with Gasteiger partial charge >= 0.3 is 18.1 Å². The zero-order chi connectivity index (χ0) is 13.6. The number of esters is 1. The third kappa shape index (κ3) is 6.10. The average Bonchev–Trinajstić information content (AvgIpc) is 2.63. The normalized spacial score (nSPS) is 23.6. The molecule has 0 aromatic heterocycles. The number of carbonyl (C=O) groups is 2. The number of halogens is 3. The SMILES string of the molecule is COC(=O)[C@@H]1CC[C@@H](N)C1.O=C(O)C(F)(F)F. The highest BCUT2D eigenvalue weighted by Gasteiger charge is 2.38. The summed E-state index contributed by atoms with van der Waals surface area (Å²) in [6.45, 7) is 0. The molecule has 0 aliphatic heterocycles. The first-order valence-electron chi connectivity index (χ1n) is 4.82. The van der Waals surface area contributed by atoms with Crippen LogP contribution in [0.25, 0.3) is 0 Å². The standard InChI is InChI=1S/C7H13NO2.C2HF3O2/c1-10-7(9)5-2-3-6(8)4-5;3-2(4,5)1(6)7/h5-6H,2-4,8H2,1H3;(H,6,7)/t5-,6-;/m1./s1. The van der Waals surface area contributed by atoms with Gasteiger partial charge in [0.2, 0.25) is 0 Å². The van der Waals surface area contributed by atoms with Gasteiger partial charge in [-0.15, -0.1) is 0 Å². The van der Waals surface area contributed by atoms with Gasteiger partial charge in [-0.1, -0.05) is 0 Å². The summed E-state index contributed by atoms with van der Waals surface area (Å²) < 4.78 is 36.3. The van der Waals surface area contributed by atoms with Crippen molar-refractivity contribution in [3.63, 3.8) is 0 Å². The molecule has 2 atom stereocenters. The zero-order valence-electron chi connectivity index (χ0n) is 9.16. The van der Waals surface area contributed by atoms with E-state index >= 15 is 0 Å². The molecule has 3 N–H and O–H groups in total. The maximum Gasteiger partial charge on any atom is 0.490 e. The van der Waals surface area contributed by atoms with Gasteiger partial charge in [0.05, 0.1) is 13.0 Å². The molecule has 17 heavy (non-hydrogen) atoms. The molecular weight excluding hydrogens is 243 g/mol. The number of carboxylic acids is 1. The minimum Gasteiger partial charge on any atom is -0.475 e. The molecule has 0 aromatic rings. The van der Waals surface area contributed by atoms with Crippen LogP contribution in [-0.4, -0.2) is 36.4 Å². The summed E-state index contributed by atoms with van der Waals surface area (Å²) in [6, 6.07) is 0.212. The Morgan fingerprint density at radius 1 is 1.35 bits per heavy atom. The molecule has 1 rings (SSSR count). The lowest BCUT2D eigenvalue weighted by Gasteiger charge is -2.04. The number of carbonyl (C=O) groups excluding carboxylic acids is 1. The summed E-state index contributed by atoms with van der Waals surface area (Å²) >= 11 is 0. The van der Waals surface area contributed by atoms with Gasteiger partial charge in [0.15, 0.2) is 0 Å². The van der Waals surface area contributed by atoms with Crippen LogP contribution in [0.5, 0.6) is 0 Å². The number of alkyl halides is 3. The summed E-state index contributed by atoms with van der Waals surface area (Å²) in [4.78, 5) is 19.8. The van der Waals surface area contributed by atoms with Gasteiger partial charge in [0, 0.05) is 6.04 Å². The third-order valence-electron chi connectivity index (χ3n) is 2.25. The Morgan fingerprint density at radius 2 is 1.82 bits per heavy atom. The Labute approximate surface area is 95.7 Å². The van der Waals surface area contributed by atoms with Crippen LogP contribution in [0.2, 0.25) is 0 Å². The van der Waals surface area contributed by atoms with Gasteiger partial charge in [-0.3, -0.25) is 4.79 Å². The highest BCUT2D eigenvalue weighted by Crippen LogP contribution is 2.24. The molecule has 0 saturated heterocycles. The van der Waals surface area contributed by atoms with Crippen LogP contribution < -0.4 is 5.73 Å². The quantitative estimate of drug-likeness (QED) is 0.682. The predicted molar refractivity (Wildman–Crippen MR) is 51.0 cm³/mol. The summed E-state index contributed by atoms with van der Waals surface area (Å²) in [5, 5.41) is 7.12. The predicted octanol–water partition coefficient (Wildman–Crippen LogP) is 0.920. The Hall–Kier alpha value is -1.31. The smallest absolute Gasteiger partial charge is 0.475 e. The number of hydrogen-bond acceptors (Lipinski definition) is 4. The minimum absolute atomic E-state index is 0.0694. The summed E-state index contributed by atoms with van der Waals surface area (Å²) in [7, 11) is 1.42. The molecule has 1 fully saturated rings. The Bertz CT molecular complexity index is 280. The van der Waals surface area contributed by atoms with Crippen LogP contribution in [0.3, 0.4) is 0 Å².